The Balaban J connectivity index is 0. The molecule has 0 aliphatic heterocycles. The van der Waals surface area contributed by atoms with Gasteiger partial charge in [-0.05, 0) is 0 Å². The van der Waals surface area contributed by atoms with E-state index in [1.165, 1.54) is 0 Å². The predicted octanol–water partition coefficient (Wildman–Crippen LogP) is -1.19. The van der Waals surface area contributed by atoms with Crippen LogP contribution in [0.25, 0.3) is 0 Å². The van der Waals surface area contributed by atoms with Crippen LogP contribution in [-0.2, 0) is 4.79 Å². The summed E-state index contributed by atoms with van der Waals surface area (Å²) in [6.45, 7) is 1.68. The molecule has 8 nitrogen and oxygen atoms in total. The zero-order chi connectivity index (χ0) is 18.3. The minimum absolute atomic E-state index is 0.641. The molecule has 130 valence electrons. The first-order chi connectivity index (χ1) is 10.8. The summed E-state index contributed by atoms with van der Waals surface area (Å²) >= 11 is 0. The molecule has 2 atom stereocenters. The molecule has 0 saturated carbocycles. The molecule has 23 heavy (non-hydrogen) atoms. The van der Waals surface area contributed by atoms with E-state index in [9.17, 15) is 9.59 Å². The van der Waals surface area contributed by atoms with Crippen molar-refractivity contribution < 1.29 is 40.2 Å². The molecule has 0 heterocycles. The van der Waals surface area contributed by atoms with Gasteiger partial charge in [-0.2, -0.15) is 0 Å². The fraction of sp³-hybridized carbons (Fsp3) is 0.333. The highest BCUT2D eigenvalue weighted by Gasteiger charge is 2.22. The summed E-state index contributed by atoms with van der Waals surface area (Å²) in [6.07, 6.45) is -2.63. The molecule has 0 aliphatic rings. The van der Waals surface area contributed by atoms with Crippen LogP contribution in [0.4, 0.5) is 0 Å². The number of carbonyl (C=O) groups excluding carboxylic acids is 1. The van der Waals surface area contributed by atoms with Crippen molar-refractivity contribution in [3.8, 4) is 0 Å². The van der Waals surface area contributed by atoms with Gasteiger partial charge in [0.25, 0.3) is 0 Å². The Kier molecular flexibility index (Phi) is 14.9. The maximum atomic E-state index is 10.0. The van der Waals surface area contributed by atoms with Crippen molar-refractivity contribution >= 4 is 12.3 Å². The van der Waals surface area contributed by atoms with Gasteiger partial charge in [0.1, 0.15) is 24.6 Å². The van der Waals surface area contributed by atoms with Crippen LogP contribution in [0.2, 0.25) is 0 Å². The summed E-state index contributed by atoms with van der Waals surface area (Å²) in [5.74, 6) is -0.981. The third-order valence-electron chi connectivity index (χ3n) is 2.27. The summed E-state index contributed by atoms with van der Waals surface area (Å²) in [4.78, 5) is 19.3. The van der Waals surface area contributed by atoms with Gasteiger partial charge >= 0.3 is 5.97 Å². The largest absolute Gasteiger partial charge is 0.478 e. The Labute approximate surface area is 133 Å². The van der Waals surface area contributed by atoms with E-state index in [2.05, 4.69) is 6.58 Å². The zero-order valence-electron chi connectivity index (χ0n) is 12.4. The molecule has 2 unspecified atom stereocenters. The Morgan fingerprint density at radius 2 is 1.43 bits per heavy atom. The standard InChI is InChI=1S/C7H6O.C5H12O5.C3H4O2/c8-6-7-4-2-1-3-5-7;6-1-3(8)5(10)4(9)2-7;1-2-3(4)5/h1-6H;3-10H,1-2H2;2H,1H2,(H,4,5). The Morgan fingerprint density at radius 3 is 1.65 bits per heavy atom. The molecule has 0 radical (unpaired) electrons. The van der Waals surface area contributed by atoms with Gasteiger partial charge in [-0.3, -0.25) is 4.79 Å². The van der Waals surface area contributed by atoms with Crippen LogP contribution in [0.3, 0.4) is 0 Å². The molecular formula is C15H22O8. The normalized spacial score (nSPS) is 13.1. The topological polar surface area (TPSA) is 156 Å². The molecule has 0 bridgehead atoms. The van der Waals surface area contributed by atoms with Gasteiger partial charge in [0.05, 0.1) is 13.2 Å². The summed E-state index contributed by atoms with van der Waals surface area (Å²) in [7, 11) is 0. The highest BCUT2D eigenvalue weighted by Crippen LogP contribution is 1.98. The molecule has 0 fully saturated rings. The molecule has 1 aromatic carbocycles. The lowest BCUT2D eigenvalue weighted by Gasteiger charge is -2.19. The molecule has 0 aliphatic carbocycles. The number of carboxylic acids is 1. The Morgan fingerprint density at radius 1 is 1.04 bits per heavy atom. The van der Waals surface area contributed by atoms with E-state index in [0.29, 0.717) is 0 Å². The van der Waals surface area contributed by atoms with Gasteiger partial charge in [0.15, 0.2) is 0 Å². The lowest BCUT2D eigenvalue weighted by molar-refractivity contribution is -0.131. The second-order valence-corrected chi connectivity index (χ2v) is 4.06. The Hall–Kier alpha value is -2.10. The van der Waals surface area contributed by atoms with E-state index in [1.54, 1.807) is 12.1 Å². The fourth-order valence-electron chi connectivity index (χ4n) is 1.00. The van der Waals surface area contributed by atoms with Crippen molar-refractivity contribution in [2.24, 2.45) is 0 Å². The van der Waals surface area contributed by atoms with E-state index in [-0.39, 0.29) is 0 Å². The number of aldehydes is 1. The minimum Gasteiger partial charge on any atom is -0.478 e. The van der Waals surface area contributed by atoms with E-state index in [4.69, 9.17) is 30.6 Å². The number of rotatable bonds is 6. The van der Waals surface area contributed by atoms with Gasteiger partial charge in [-0.25, -0.2) is 4.79 Å². The van der Waals surface area contributed by atoms with Crippen molar-refractivity contribution in [3.05, 3.63) is 48.6 Å². The summed E-state index contributed by atoms with van der Waals surface area (Å²) < 4.78 is 0. The molecule has 0 aromatic heterocycles. The first-order valence-electron chi connectivity index (χ1n) is 6.45. The van der Waals surface area contributed by atoms with Crippen molar-refractivity contribution in [3.63, 3.8) is 0 Å². The predicted molar refractivity (Wildman–Crippen MR) is 81.9 cm³/mol. The second kappa shape index (κ2) is 14.8. The smallest absolute Gasteiger partial charge is 0.327 e. The molecule has 0 saturated heterocycles. The number of aliphatic hydroxyl groups is 5. The van der Waals surface area contributed by atoms with Crippen LogP contribution in [0.5, 0.6) is 0 Å². The van der Waals surface area contributed by atoms with Crippen molar-refractivity contribution in [2.75, 3.05) is 13.2 Å². The monoisotopic (exact) mass is 330 g/mol. The quantitative estimate of drug-likeness (QED) is 0.281. The van der Waals surface area contributed by atoms with E-state index < -0.39 is 37.5 Å². The SMILES string of the molecule is C=CC(=O)O.O=Cc1ccccc1.OCC(O)C(O)C(O)CO. The number of hydrogen-bond donors (Lipinski definition) is 6. The maximum Gasteiger partial charge on any atom is 0.327 e. The fourth-order valence-corrected chi connectivity index (χ4v) is 1.00. The van der Waals surface area contributed by atoms with Crippen molar-refractivity contribution in [2.45, 2.75) is 18.3 Å². The number of carboxylic acid groups (broad SMARTS) is 1. The number of aliphatic hydroxyl groups excluding tert-OH is 5. The van der Waals surface area contributed by atoms with Gasteiger partial charge in [0, 0.05) is 11.6 Å². The van der Waals surface area contributed by atoms with Crippen LogP contribution < -0.4 is 0 Å². The van der Waals surface area contributed by atoms with Crippen LogP contribution in [0, 0.1) is 0 Å². The number of carbonyl (C=O) groups is 2. The highest BCUT2D eigenvalue weighted by atomic mass is 16.4. The highest BCUT2D eigenvalue weighted by molar-refractivity contribution is 5.78. The van der Waals surface area contributed by atoms with Crippen molar-refractivity contribution in [1.29, 1.82) is 0 Å². The van der Waals surface area contributed by atoms with Gasteiger partial charge < -0.3 is 30.6 Å². The summed E-state index contributed by atoms with van der Waals surface area (Å²) in [5, 5.41) is 50.2. The summed E-state index contributed by atoms with van der Waals surface area (Å²) in [6, 6.07) is 9.10. The second-order valence-electron chi connectivity index (χ2n) is 4.06. The number of benzene rings is 1. The van der Waals surface area contributed by atoms with E-state index in [1.807, 2.05) is 18.2 Å². The van der Waals surface area contributed by atoms with Crippen molar-refractivity contribution in [1.82, 2.24) is 0 Å². The zero-order valence-corrected chi connectivity index (χ0v) is 12.4. The lowest BCUT2D eigenvalue weighted by atomic mass is 10.1. The molecule has 8 heteroatoms. The van der Waals surface area contributed by atoms with E-state index >= 15 is 0 Å². The average molecular weight is 330 g/mol. The first kappa shape index (κ1) is 23.2. The van der Waals surface area contributed by atoms with Crippen LogP contribution in [-0.4, -0.2) is 74.4 Å². The first-order valence-corrected chi connectivity index (χ1v) is 6.45. The van der Waals surface area contributed by atoms with Crippen LogP contribution in [0.1, 0.15) is 10.4 Å². The molecular weight excluding hydrogens is 308 g/mol. The maximum absolute atomic E-state index is 10.0. The van der Waals surface area contributed by atoms with Crippen LogP contribution >= 0.6 is 0 Å². The third-order valence-corrected chi connectivity index (χ3v) is 2.27. The Bertz CT molecular complexity index is 424. The molecule has 1 aromatic rings. The van der Waals surface area contributed by atoms with Crippen LogP contribution in [0.15, 0.2) is 43.0 Å². The average Bonchev–Trinajstić information content (AvgIpc) is 2.61. The van der Waals surface area contributed by atoms with Gasteiger partial charge in [-0.15, -0.1) is 0 Å². The van der Waals surface area contributed by atoms with Gasteiger partial charge in [-0.1, -0.05) is 36.9 Å². The molecule has 0 spiro atoms. The number of hydrogen-bond acceptors (Lipinski definition) is 7. The van der Waals surface area contributed by atoms with E-state index in [0.717, 1.165) is 17.9 Å². The summed E-state index contributed by atoms with van der Waals surface area (Å²) in [5.41, 5.74) is 0.729. The molecule has 1 rings (SSSR count). The number of aliphatic carboxylic acids is 1. The van der Waals surface area contributed by atoms with Gasteiger partial charge in [0.2, 0.25) is 0 Å². The molecule has 0 amide bonds. The third kappa shape index (κ3) is 13.3. The minimum atomic E-state index is -1.49. The lowest BCUT2D eigenvalue weighted by Crippen LogP contribution is -2.41. The molecule has 6 N–H and O–H groups in total.